The van der Waals surface area contributed by atoms with Gasteiger partial charge in [0.25, 0.3) is 11.7 Å². The van der Waals surface area contributed by atoms with E-state index in [0.29, 0.717) is 22.3 Å². The van der Waals surface area contributed by atoms with E-state index in [1.165, 1.54) is 24.7 Å². The Bertz CT molecular complexity index is 1150. The van der Waals surface area contributed by atoms with Crippen molar-refractivity contribution in [3.05, 3.63) is 90.6 Å². The van der Waals surface area contributed by atoms with Crippen molar-refractivity contribution in [3.63, 3.8) is 0 Å². The fraction of sp³-hybridized carbons (Fsp3) is 0. The molecular formula is C21H14FN3O2. The predicted molar refractivity (Wildman–Crippen MR) is 100 cm³/mol. The highest BCUT2D eigenvalue weighted by atomic mass is 19.1. The predicted octanol–water partition coefficient (Wildman–Crippen LogP) is 3.99. The van der Waals surface area contributed by atoms with Gasteiger partial charge in [-0.25, -0.2) is 4.39 Å². The Hall–Kier alpha value is -3.80. The number of aromatic nitrogens is 2. The molecule has 0 aliphatic carbocycles. The van der Waals surface area contributed by atoms with Crippen molar-refractivity contribution in [2.75, 3.05) is 5.32 Å². The van der Waals surface area contributed by atoms with Crippen LogP contribution in [0.1, 0.15) is 10.4 Å². The number of fused-ring (bicyclic) bond motifs is 1. The Labute approximate surface area is 154 Å². The van der Waals surface area contributed by atoms with E-state index in [1.54, 1.807) is 59.2 Å². The molecule has 2 aromatic heterocycles. The van der Waals surface area contributed by atoms with E-state index in [4.69, 9.17) is 0 Å². The number of nitrogens with one attached hydrogen (secondary N) is 1. The summed E-state index contributed by atoms with van der Waals surface area (Å²) < 4.78 is 15.8. The van der Waals surface area contributed by atoms with E-state index in [9.17, 15) is 14.0 Å². The molecule has 132 valence electrons. The first-order valence-corrected chi connectivity index (χ1v) is 8.26. The first-order valence-electron chi connectivity index (χ1n) is 8.26. The molecule has 4 aromatic rings. The molecule has 0 saturated carbocycles. The molecule has 5 nitrogen and oxygen atoms in total. The summed E-state index contributed by atoms with van der Waals surface area (Å²) in [5.74, 6) is -1.88. The van der Waals surface area contributed by atoms with Crippen molar-refractivity contribution in [2.45, 2.75) is 0 Å². The molecule has 1 N–H and O–H groups in total. The Balaban J connectivity index is 1.77. The molecule has 2 aromatic carbocycles. The summed E-state index contributed by atoms with van der Waals surface area (Å²) in [6.07, 6.45) is 4.53. The third kappa shape index (κ3) is 3.08. The van der Waals surface area contributed by atoms with Gasteiger partial charge in [0.2, 0.25) is 0 Å². The number of ketones is 1. The van der Waals surface area contributed by atoms with Crippen LogP contribution in [0.5, 0.6) is 0 Å². The summed E-state index contributed by atoms with van der Waals surface area (Å²) in [4.78, 5) is 29.0. The zero-order valence-corrected chi connectivity index (χ0v) is 14.1. The zero-order chi connectivity index (χ0) is 18.8. The topological polar surface area (TPSA) is 64.0 Å². The van der Waals surface area contributed by atoms with Crippen LogP contribution in [-0.4, -0.2) is 21.2 Å². The maximum absolute atomic E-state index is 14.3. The van der Waals surface area contributed by atoms with Crippen LogP contribution < -0.4 is 5.32 Å². The molecule has 27 heavy (non-hydrogen) atoms. The van der Waals surface area contributed by atoms with E-state index in [0.717, 1.165) is 0 Å². The van der Waals surface area contributed by atoms with Crippen LogP contribution in [0.2, 0.25) is 0 Å². The Kier molecular flexibility index (Phi) is 4.22. The number of pyridine rings is 1. The maximum Gasteiger partial charge on any atom is 0.296 e. The normalized spacial score (nSPS) is 10.7. The highest BCUT2D eigenvalue weighted by molar-refractivity contribution is 6.48. The number of amides is 1. The molecule has 2 heterocycles. The lowest BCUT2D eigenvalue weighted by Crippen LogP contribution is -2.22. The number of hydrogen-bond acceptors (Lipinski definition) is 3. The summed E-state index contributed by atoms with van der Waals surface area (Å²) in [5, 5.41) is 3.13. The molecule has 0 spiro atoms. The van der Waals surface area contributed by atoms with Gasteiger partial charge in [-0.1, -0.05) is 30.3 Å². The number of nitrogens with zero attached hydrogens (tertiary/aromatic N) is 2. The number of anilines is 1. The molecule has 0 aliphatic rings. The minimum atomic E-state index is -0.766. The lowest BCUT2D eigenvalue weighted by atomic mass is 10.1. The van der Waals surface area contributed by atoms with Gasteiger partial charge in [-0.05, 0) is 30.3 Å². The van der Waals surface area contributed by atoms with E-state index in [1.807, 2.05) is 0 Å². The average Bonchev–Trinajstić information content (AvgIpc) is 3.08. The number of rotatable bonds is 4. The van der Waals surface area contributed by atoms with E-state index in [-0.39, 0.29) is 5.56 Å². The van der Waals surface area contributed by atoms with Gasteiger partial charge in [-0.3, -0.25) is 14.6 Å². The Morgan fingerprint density at radius 1 is 0.926 bits per heavy atom. The van der Waals surface area contributed by atoms with Gasteiger partial charge in [0.05, 0.1) is 16.8 Å². The van der Waals surface area contributed by atoms with Crippen LogP contribution in [0.3, 0.4) is 0 Å². The van der Waals surface area contributed by atoms with Crippen LogP contribution in [0.15, 0.2) is 79.3 Å². The van der Waals surface area contributed by atoms with E-state index >= 15 is 0 Å². The van der Waals surface area contributed by atoms with Gasteiger partial charge < -0.3 is 9.88 Å². The molecule has 0 fully saturated rings. The van der Waals surface area contributed by atoms with Gasteiger partial charge in [0.1, 0.15) is 5.82 Å². The second kappa shape index (κ2) is 6.84. The fourth-order valence-corrected chi connectivity index (χ4v) is 2.95. The van der Waals surface area contributed by atoms with Crippen molar-refractivity contribution in [2.24, 2.45) is 0 Å². The molecule has 0 atom stereocenters. The molecule has 0 saturated heterocycles. The number of hydrogen-bond donors (Lipinski definition) is 1. The molecule has 1 amide bonds. The van der Waals surface area contributed by atoms with E-state index in [2.05, 4.69) is 10.3 Å². The summed E-state index contributed by atoms with van der Waals surface area (Å²) in [6, 6.07) is 16.5. The highest BCUT2D eigenvalue weighted by Gasteiger charge is 2.22. The van der Waals surface area contributed by atoms with Gasteiger partial charge in [-0.2, -0.15) is 0 Å². The second-order valence-corrected chi connectivity index (χ2v) is 5.90. The molecule has 0 bridgehead atoms. The standard InChI is InChI=1S/C21H14FN3O2/c22-17-6-2-4-8-19(17)25-13-16(15-5-1-3-7-18(15)25)20(26)21(27)24-14-9-11-23-12-10-14/h1-13H,(H,23,24,27). The largest absolute Gasteiger partial charge is 0.319 e. The van der Waals surface area contributed by atoms with Gasteiger partial charge in [0.15, 0.2) is 0 Å². The van der Waals surface area contributed by atoms with Gasteiger partial charge in [0, 0.05) is 29.7 Å². The molecule has 0 radical (unpaired) electrons. The highest BCUT2D eigenvalue weighted by Crippen LogP contribution is 2.26. The van der Waals surface area contributed by atoms with Crippen LogP contribution in [0, 0.1) is 5.82 Å². The summed E-state index contributed by atoms with van der Waals surface area (Å²) in [5.41, 5.74) is 1.63. The van der Waals surface area contributed by atoms with Crippen LogP contribution in [0.25, 0.3) is 16.6 Å². The lowest BCUT2D eigenvalue weighted by Gasteiger charge is -2.06. The molecule has 6 heteroatoms. The van der Waals surface area contributed by atoms with Crippen LogP contribution >= 0.6 is 0 Å². The average molecular weight is 359 g/mol. The number of benzene rings is 2. The SMILES string of the molecule is O=C(Nc1ccncc1)C(=O)c1cn(-c2ccccc2F)c2ccccc12. The zero-order valence-electron chi connectivity index (χ0n) is 14.1. The maximum atomic E-state index is 14.3. The first kappa shape index (κ1) is 16.7. The van der Waals surface area contributed by atoms with Crippen molar-refractivity contribution >= 4 is 28.3 Å². The number of carbonyl (C=O) groups excluding carboxylic acids is 2. The molecule has 0 aliphatic heterocycles. The summed E-state index contributed by atoms with van der Waals surface area (Å²) in [7, 11) is 0. The molecular weight excluding hydrogens is 345 g/mol. The quantitative estimate of drug-likeness (QED) is 0.443. The van der Waals surface area contributed by atoms with Crippen LogP contribution in [-0.2, 0) is 4.79 Å². The number of halogens is 1. The first-order chi connectivity index (χ1) is 13.1. The molecule has 4 rings (SSSR count). The Morgan fingerprint density at radius 3 is 2.41 bits per heavy atom. The number of carbonyl (C=O) groups is 2. The fourth-order valence-electron chi connectivity index (χ4n) is 2.95. The summed E-state index contributed by atoms with van der Waals surface area (Å²) >= 11 is 0. The third-order valence-electron chi connectivity index (χ3n) is 4.21. The second-order valence-electron chi connectivity index (χ2n) is 5.90. The number of Topliss-reactive ketones (excluding diaryl/α,β-unsaturated/α-hetero) is 1. The van der Waals surface area contributed by atoms with Gasteiger partial charge in [-0.15, -0.1) is 0 Å². The smallest absolute Gasteiger partial charge is 0.296 e. The van der Waals surface area contributed by atoms with Gasteiger partial charge >= 0.3 is 0 Å². The van der Waals surface area contributed by atoms with Crippen molar-refractivity contribution in [1.29, 1.82) is 0 Å². The lowest BCUT2D eigenvalue weighted by molar-refractivity contribution is -0.112. The van der Waals surface area contributed by atoms with Crippen LogP contribution in [0.4, 0.5) is 10.1 Å². The Morgan fingerprint density at radius 2 is 1.63 bits per heavy atom. The number of para-hydroxylation sites is 2. The van der Waals surface area contributed by atoms with Crippen molar-refractivity contribution in [1.82, 2.24) is 9.55 Å². The summed E-state index contributed by atoms with van der Waals surface area (Å²) in [6.45, 7) is 0. The minimum absolute atomic E-state index is 0.209. The molecule has 0 unspecified atom stereocenters. The third-order valence-corrected chi connectivity index (χ3v) is 4.21. The monoisotopic (exact) mass is 359 g/mol. The van der Waals surface area contributed by atoms with Crippen molar-refractivity contribution < 1.29 is 14.0 Å². The van der Waals surface area contributed by atoms with Crippen molar-refractivity contribution in [3.8, 4) is 5.69 Å². The minimum Gasteiger partial charge on any atom is -0.319 e. The van der Waals surface area contributed by atoms with E-state index < -0.39 is 17.5 Å².